The van der Waals surface area contributed by atoms with Gasteiger partial charge in [-0.15, -0.1) is 0 Å². The third kappa shape index (κ3) is 1.82. The van der Waals surface area contributed by atoms with Gasteiger partial charge in [0.2, 0.25) is 0 Å². The summed E-state index contributed by atoms with van der Waals surface area (Å²) in [5.41, 5.74) is 0. The lowest BCUT2D eigenvalue weighted by atomic mass is 9.80. The maximum absolute atomic E-state index is 2.47. The Bertz CT molecular complexity index is 2750. The Morgan fingerprint density at radius 2 is 0.658 bits per heavy atom. The second-order valence-electron chi connectivity index (χ2n) is 11.2. The molecule has 11 aromatic rings. The molecule has 0 atom stereocenters. The normalized spacial score (nSPS) is 13.3. The highest BCUT2D eigenvalue weighted by atomic mass is 14.3. The summed E-state index contributed by atoms with van der Waals surface area (Å²) in [6.45, 7) is 0. The molecule has 0 aliphatic rings. The fourth-order valence-corrected chi connectivity index (χ4v) is 8.15. The first-order chi connectivity index (χ1) is 18.8. The van der Waals surface area contributed by atoms with Crippen LogP contribution < -0.4 is 0 Å². The molecule has 38 heavy (non-hydrogen) atoms. The van der Waals surface area contributed by atoms with Gasteiger partial charge in [0.05, 0.1) is 0 Å². The van der Waals surface area contributed by atoms with Crippen LogP contribution in [0.2, 0.25) is 0 Å². The highest BCUT2D eigenvalue weighted by Crippen LogP contribution is 2.52. The van der Waals surface area contributed by atoms with E-state index in [9.17, 15) is 0 Å². The van der Waals surface area contributed by atoms with E-state index in [0.717, 1.165) is 0 Å². The van der Waals surface area contributed by atoms with Crippen LogP contribution in [0.3, 0.4) is 0 Å². The van der Waals surface area contributed by atoms with Gasteiger partial charge in [-0.1, -0.05) is 97.1 Å². The van der Waals surface area contributed by atoms with E-state index >= 15 is 0 Å². The average molecular weight is 475 g/mol. The van der Waals surface area contributed by atoms with E-state index in [1.54, 1.807) is 0 Å². The molecular formula is C38H18. The molecule has 0 radical (unpaired) electrons. The van der Waals surface area contributed by atoms with Crippen molar-refractivity contribution in [2.75, 3.05) is 0 Å². The first kappa shape index (κ1) is 18.3. The molecule has 11 aromatic carbocycles. The summed E-state index contributed by atoms with van der Waals surface area (Å²) in [5, 5.41) is 27.5. The quantitative estimate of drug-likeness (QED) is 0.151. The summed E-state index contributed by atoms with van der Waals surface area (Å²) in [6.07, 6.45) is 0. The Hall–Kier alpha value is -4.94. The topological polar surface area (TPSA) is 0 Å². The van der Waals surface area contributed by atoms with Crippen molar-refractivity contribution in [2.24, 2.45) is 0 Å². The molecule has 0 heterocycles. The molecule has 11 rings (SSSR count). The van der Waals surface area contributed by atoms with E-state index in [4.69, 9.17) is 0 Å². The SMILES string of the molecule is c1cc2ccc3cc4c5ccc6ccc7ccc8cccc9c8c7c6c5c9c5ccc6cc(c1)c2c3c6c45. The van der Waals surface area contributed by atoms with Gasteiger partial charge in [-0.3, -0.25) is 0 Å². The number of rotatable bonds is 0. The summed E-state index contributed by atoms with van der Waals surface area (Å²) in [7, 11) is 0. The molecule has 0 aromatic heterocycles. The smallest absolute Gasteiger partial charge is 0.000762 e. The van der Waals surface area contributed by atoms with Crippen molar-refractivity contribution in [3.05, 3.63) is 109 Å². The Kier molecular flexibility index (Phi) is 2.79. The minimum absolute atomic E-state index is 1.33. The molecule has 0 saturated heterocycles. The van der Waals surface area contributed by atoms with Gasteiger partial charge in [0.1, 0.15) is 0 Å². The molecule has 0 fully saturated rings. The zero-order valence-corrected chi connectivity index (χ0v) is 20.4. The highest BCUT2D eigenvalue weighted by molar-refractivity contribution is 6.49. The molecule has 0 heteroatoms. The zero-order valence-electron chi connectivity index (χ0n) is 20.4. The number of hydrogen-bond donors (Lipinski definition) is 0. The monoisotopic (exact) mass is 474 g/mol. The number of benzene rings is 11. The van der Waals surface area contributed by atoms with Crippen LogP contribution in [0.4, 0.5) is 0 Å². The number of hydrogen-bond acceptors (Lipinski definition) is 0. The van der Waals surface area contributed by atoms with Crippen LogP contribution >= 0.6 is 0 Å². The van der Waals surface area contributed by atoms with Crippen molar-refractivity contribution >= 4 is 108 Å². The Labute approximate surface area is 216 Å². The molecule has 0 unspecified atom stereocenters. The van der Waals surface area contributed by atoms with Crippen LogP contribution in [0.1, 0.15) is 0 Å². The Morgan fingerprint density at radius 1 is 0.211 bits per heavy atom. The predicted octanol–water partition coefficient (Wildman–Crippen LogP) is 11.0. The third-order valence-electron chi connectivity index (χ3n) is 9.56. The van der Waals surface area contributed by atoms with Gasteiger partial charge in [0.25, 0.3) is 0 Å². The molecule has 0 amide bonds. The fraction of sp³-hybridized carbons (Fsp3) is 0. The molecule has 0 spiro atoms. The second-order valence-corrected chi connectivity index (χ2v) is 11.2. The van der Waals surface area contributed by atoms with Gasteiger partial charge in [-0.05, 0) is 120 Å². The van der Waals surface area contributed by atoms with Gasteiger partial charge in [-0.25, -0.2) is 0 Å². The highest BCUT2D eigenvalue weighted by Gasteiger charge is 2.23. The molecule has 170 valence electrons. The zero-order chi connectivity index (χ0) is 24.3. The lowest BCUT2D eigenvalue weighted by Crippen LogP contribution is -1.94. The van der Waals surface area contributed by atoms with Crippen LogP contribution in [0.5, 0.6) is 0 Å². The summed E-state index contributed by atoms with van der Waals surface area (Å²) in [6, 6.07) is 41.8. The minimum atomic E-state index is 1.33. The maximum atomic E-state index is 2.47. The van der Waals surface area contributed by atoms with Crippen molar-refractivity contribution in [3.8, 4) is 0 Å². The van der Waals surface area contributed by atoms with E-state index in [1.807, 2.05) is 0 Å². The van der Waals surface area contributed by atoms with Gasteiger partial charge in [0, 0.05) is 0 Å². The van der Waals surface area contributed by atoms with Crippen LogP contribution in [0, 0.1) is 0 Å². The molecule has 0 aliphatic heterocycles. The van der Waals surface area contributed by atoms with Gasteiger partial charge < -0.3 is 0 Å². The van der Waals surface area contributed by atoms with Crippen LogP contribution in [0.15, 0.2) is 109 Å². The van der Waals surface area contributed by atoms with E-state index in [2.05, 4.69) is 109 Å². The first-order valence-electron chi connectivity index (χ1n) is 13.4. The molecule has 0 nitrogen and oxygen atoms in total. The standard InChI is InChI=1S/C38H18/c1-3-19-11-12-25-18-29-26-15-13-22-10-9-21-8-7-20-4-2-6-27-31(20)32(21)33(22)38(26)36(27)28-16-14-24-17-23(5-1)30(19)34(25)35(24)37(28)29/h1-18H. The van der Waals surface area contributed by atoms with Crippen molar-refractivity contribution in [1.29, 1.82) is 0 Å². The van der Waals surface area contributed by atoms with Crippen LogP contribution in [0.25, 0.3) is 108 Å². The largest absolute Gasteiger partial charge is 0.0610 e. The second kappa shape index (κ2) is 5.79. The fourth-order valence-electron chi connectivity index (χ4n) is 8.15. The minimum Gasteiger partial charge on any atom is -0.0610 e. The van der Waals surface area contributed by atoms with E-state index in [1.165, 1.54) is 108 Å². The lowest BCUT2D eigenvalue weighted by Gasteiger charge is -2.23. The summed E-state index contributed by atoms with van der Waals surface area (Å²) >= 11 is 0. The number of fused-ring (bicyclic) bond motifs is 3. The first-order valence-corrected chi connectivity index (χ1v) is 13.4. The Morgan fingerprint density at radius 3 is 1.50 bits per heavy atom. The predicted molar refractivity (Wildman–Crippen MR) is 166 cm³/mol. The molecule has 0 bridgehead atoms. The van der Waals surface area contributed by atoms with Gasteiger partial charge in [0.15, 0.2) is 0 Å². The van der Waals surface area contributed by atoms with Crippen molar-refractivity contribution in [2.45, 2.75) is 0 Å². The summed E-state index contributed by atoms with van der Waals surface area (Å²) in [4.78, 5) is 0. The van der Waals surface area contributed by atoms with Gasteiger partial charge >= 0.3 is 0 Å². The van der Waals surface area contributed by atoms with Crippen LogP contribution in [-0.4, -0.2) is 0 Å². The molecule has 0 N–H and O–H groups in total. The lowest BCUT2D eigenvalue weighted by molar-refractivity contribution is 1.80. The van der Waals surface area contributed by atoms with E-state index in [-0.39, 0.29) is 0 Å². The summed E-state index contributed by atoms with van der Waals surface area (Å²) < 4.78 is 0. The molecular weight excluding hydrogens is 456 g/mol. The van der Waals surface area contributed by atoms with E-state index < -0.39 is 0 Å². The van der Waals surface area contributed by atoms with Gasteiger partial charge in [-0.2, -0.15) is 0 Å². The van der Waals surface area contributed by atoms with E-state index in [0.29, 0.717) is 0 Å². The average Bonchev–Trinajstić information content (AvgIpc) is 2.97. The van der Waals surface area contributed by atoms with Crippen molar-refractivity contribution in [1.82, 2.24) is 0 Å². The third-order valence-corrected chi connectivity index (χ3v) is 9.56. The summed E-state index contributed by atoms with van der Waals surface area (Å²) in [5.74, 6) is 0. The molecule has 0 saturated carbocycles. The van der Waals surface area contributed by atoms with Crippen LogP contribution in [-0.2, 0) is 0 Å². The van der Waals surface area contributed by atoms with Crippen molar-refractivity contribution in [3.63, 3.8) is 0 Å². The van der Waals surface area contributed by atoms with Crippen molar-refractivity contribution < 1.29 is 0 Å². The maximum Gasteiger partial charge on any atom is -0.000762 e. The molecule has 0 aliphatic carbocycles. The Balaban J connectivity index is 1.58.